The summed E-state index contributed by atoms with van der Waals surface area (Å²) < 4.78 is 0. The maximum atomic E-state index is 13.5. The number of Topliss-reactive ketones (excluding diaryl/α,β-unsaturated/α-hetero) is 3. The van der Waals surface area contributed by atoms with Crippen molar-refractivity contribution in [2.75, 3.05) is 0 Å². The van der Waals surface area contributed by atoms with Crippen molar-refractivity contribution < 1.29 is 14.4 Å². The van der Waals surface area contributed by atoms with Gasteiger partial charge >= 0.3 is 0 Å². The van der Waals surface area contributed by atoms with E-state index < -0.39 is 0 Å². The summed E-state index contributed by atoms with van der Waals surface area (Å²) in [6.07, 6.45) is 13.8. The highest BCUT2D eigenvalue weighted by molar-refractivity contribution is 6.00. The summed E-state index contributed by atoms with van der Waals surface area (Å²) in [6, 6.07) is 13.3. The number of allylic oxidation sites excluding steroid dienone is 4. The Kier molecular flexibility index (Phi) is 13.4. The van der Waals surface area contributed by atoms with Crippen LogP contribution in [0.3, 0.4) is 0 Å². The van der Waals surface area contributed by atoms with Crippen molar-refractivity contribution in [3.63, 3.8) is 0 Å². The van der Waals surface area contributed by atoms with E-state index in [0.717, 1.165) is 68.1 Å². The molecular formula is C40H54O3. The first-order valence-electron chi connectivity index (χ1n) is 16.8. The number of rotatable bonds is 13. The van der Waals surface area contributed by atoms with Gasteiger partial charge in [-0.3, -0.25) is 14.4 Å². The molecule has 0 N–H and O–H groups in total. The lowest BCUT2D eigenvalue weighted by atomic mass is 9.71. The molecule has 3 heteroatoms. The minimum atomic E-state index is -0.0905. The first kappa shape index (κ1) is 34.4. The molecule has 2 aliphatic rings. The van der Waals surface area contributed by atoms with E-state index in [1.807, 2.05) is 0 Å². The van der Waals surface area contributed by atoms with E-state index in [2.05, 4.69) is 90.1 Å². The maximum Gasteiger partial charge on any atom is 0.163 e. The van der Waals surface area contributed by atoms with Crippen LogP contribution >= 0.6 is 0 Å². The van der Waals surface area contributed by atoms with Gasteiger partial charge < -0.3 is 0 Å². The monoisotopic (exact) mass is 582 g/mol. The molecule has 232 valence electrons. The minimum absolute atomic E-state index is 0.0334. The molecule has 2 aromatic carbocycles. The molecular weight excluding hydrogens is 528 g/mol. The number of ketones is 3. The van der Waals surface area contributed by atoms with Crippen LogP contribution in [0.5, 0.6) is 0 Å². The summed E-state index contributed by atoms with van der Waals surface area (Å²) in [7, 11) is 0. The maximum absolute atomic E-state index is 13.5. The first-order chi connectivity index (χ1) is 20.6. The Hall–Kier alpha value is -3.07. The second-order valence-corrected chi connectivity index (χ2v) is 12.8. The fraction of sp³-hybridized carbons (Fsp3) is 0.525. The third-order valence-corrected chi connectivity index (χ3v) is 9.12. The Morgan fingerprint density at radius 3 is 2.26 bits per heavy atom. The van der Waals surface area contributed by atoms with Gasteiger partial charge in [-0.2, -0.15) is 0 Å². The van der Waals surface area contributed by atoms with Gasteiger partial charge in [-0.15, -0.1) is 0 Å². The van der Waals surface area contributed by atoms with Crippen molar-refractivity contribution in [1.29, 1.82) is 0 Å². The average molecular weight is 583 g/mol. The molecule has 0 heterocycles. The number of carbonyl (C=O) groups excluding carboxylic acids is 3. The molecule has 43 heavy (non-hydrogen) atoms. The number of carbonyl (C=O) groups is 3. The lowest BCUT2D eigenvalue weighted by molar-refractivity contribution is -0.129. The Balaban J connectivity index is 0.00000162. The van der Waals surface area contributed by atoms with Gasteiger partial charge in [0.2, 0.25) is 0 Å². The molecule has 0 aliphatic heterocycles. The van der Waals surface area contributed by atoms with Crippen LogP contribution in [0.25, 0.3) is 5.57 Å². The van der Waals surface area contributed by atoms with E-state index in [1.165, 1.54) is 41.2 Å². The van der Waals surface area contributed by atoms with Crippen molar-refractivity contribution in [2.45, 2.75) is 119 Å². The molecule has 3 atom stereocenters. The van der Waals surface area contributed by atoms with Gasteiger partial charge in [-0.25, -0.2) is 0 Å². The number of aryl methyl sites for hydroxylation is 1. The normalized spacial score (nSPS) is 17.3. The number of hydrogen-bond donors (Lipinski definition) is 0. The molecule has 0 fully saturated rings. The predicted octanol–water partition coefficient (Wildman–Crippen LogP) is 10.1. The Morgan fingerprint density at radius 2 is 1.65 bits per heavy atom. The molecule has 0 radical (unpaired) electrons. The lowest BCUT2D eigenvalue weighted by Crippen LogP contribution is -2.30. The topological polar surface area (TPSA) is 51.2 Å². The minimum Gasteiger partial charge on any atom is -0.300 e. The Bertz CT molecular complexity index is 1320. The zero-order chi connectivity index (χ0) is 31.5. The van der Waals surface area contributed by atoms with E-state index in [4.69, 9.17) is 0 Å². The number of fused-ring (bicyclic) bond motifs is 1. The summed E-state index contributed by atoms with van der Waals surface area (Å²) in [5.74, 6) is 0.664. The molecule has 0 amide bonds. The molecule has 3 nitrogen and oxygen atoms in total. The van der Waals surface area contributed by atoms with Gasteiger partial charge in [0.1, 0.15) is 11.6 Å². The number of hydrogen-bond acceptors (Lipinski definition) is 3. The fourth-order valence-electron chi connectivity index (χ4n) is 7.04. The summed E-state index contributed by atoms with van der Waals surface area (Å²) in [4.78, 5) is 38.0. The van der Waals surface area contributed by atoms with Crippen molar-refractivity contribution in [2.24, 2.45) is 17.8 Å². The van der Waals surface area contributed by atoms with Crippen LogP contribution in [0.4, 0.5) is 0 Å². The second kappa shape index (κ2) is 16.7. The quantitative estimate of drug-likeness (QED) is 0.221. The van der Waals surface area contributed by atoms with Crippen LogP contribution in [0.15, 0.2) is 54.1 Å². The second-order valence-electron chi connectivity index (χ2n) is 12.8. The molecule has 0 saturated heterocycles. The zero-order valence-electron chi connectivity index (χ0n) is 27.9. The van der Waals surface area contributed by atoms with E-state index in [-0.39, 0.29) is 41.5 Å². The lowest BCUT2D eigenvalue weighted by Gasteiger charge is -2.32. The van der Waals surface area contributed by atoms with Gasteiger partial charge in [0, 0.05) is 17.9 Å². The molecule has 0 spiro atoms. The molecule has 2 aromatic rings. The molecule has 0 aromatic heterocycles. The SMILES string of the molecule is CCC.CCCC(CC1CC(=O)c2c(ccc(CC3=CC(c4ccc(CC)cc4)=CC3)c2C)C1)C(CC)C(=O)CC(C)=O. The highest BCUT2D eigenvalue weighted by atomic mass is 16.1. The van der Waals surface area contributed by atoms with E-state index in [9.17, 15) is 14.4 Å². The summed E-state index contributed by atoms with van der Waals surface area (Å²) in [6.45, 7) is 14.3. The molecule has 2 aliphatic carbocycles. The van der Waals surface area contributed by atoms with Gasteiger partial charge in [0.25, 0.3) is 0 Å². The Labute approximate surface area is 261 Å². The summed E-state index contributed by atoms with van der Waals surface area (Å²) >= 11 is 0. The van der Waals surface area contributed by atoms with E-state index in [1.54, 1.807) is 0 Å². The molecule has 0 bridgehead atoms. The van der Waals surface area contributed by atoms with Gasteiger partial charge in [0.15, 0.2) is 5.78 Å². The highest BCUT2D eigenvalue weighted by Crippen LogP contribution is 2.38. The van der Waals surface area contributed by atoms with Crippen molar-refractivity contribution >= 4 is 22.9 Å². The molecule has 4 rings (SSSR count). The van der Waals surface area contributed by atoms with Crippen LogP contribution in [0, 0.1) is 24.7 Å². The molecule has 0 saturated carbocycles. The summed E-state index contributed by atoms with van der Waals surface area (Å²) in [5, 5.41) is 0. The van der Waals surface area contributed by atoms with Crippen molar-refractivity contribution in [3.8, 4) is 0 Å². The number of benzene rings is 2. The summed E-state index contributed by atoms with van der Waals surface area (Å²) in [5.41, 5.74) is 9.79. The largest absolute Gasteiger partial charge is 0.300 e. The van der Waals surface area contributed by atoms with E-state index in [0.29, 0.717) is 6.42 Å². The third kappa shape index (κ3) is 9.21. The Morgan fingerprint density at radius 1 is 0.953 bits per heavy atom. The van der Waals surface area contributed by atoms with Gasteiger partial charge in [0.05, 0.1) is 6.42 Å². The van der Waals surface area contributed by atoms with Crippen LogP contribution in [0.2, 0.25) is 0 Å². The van der Waals surface area contributed by atoms with Crippen molar-refractivity contribution in [1.82, 2.24) is 0 Å². The van der Waals surface area contributed by atoms with Crippen LogP contribution in [0.1, 0.15) is 131 Å². The zero-order valence-corrected chi connectivity index (χ0v) is 27.9. The van der Waals surface area contributed by atoms with Gasteiger partial charge in [-0.05, 0) is 97.6 Å². The van der Waals surface area contributed by atoms with Gasteiger partial charge in [-0.1, -0.05) is 108 Å². The van der Waals surface area contributed by atoms with Crippen molar-refractivity contribution in [3.05, 3.63) is 87.5 Å². The predicted molar refractivity (Wildman–Crippen MR) is 181 cm³/mol. The van der Waals surface area contributed by atoms with Crippen LogP contribution in [-0.4, -0.2) is 17.3 Å². The smallest absolute Gasteiger partial charge is 0.163 e. The fourth-order valence-corrected chi connectivity index (χ4v) is 7.04. The van der Waals surface area contributed by atoms with Crippen LogP contribution in [-0.2, 0) is 28.9 Å². The average Bonchev–Trinajstić information content (AvgIpc) is 3.43. The first-order valence-corrected chi connectivity index (χ1v) is 16.8. The standard InChI is InChI=1S/C37H46O3.C3H8/c1-6-9-32(34(8-3)35(39)18-24(4)38)21-28-22-33-17-16-30(25(5)37(33)36(40)23-28)19-27-12-15-31(20-27)29-13-10-26(7-2)11-14-29;1-3-2/h10-11,13-17,20,28,32,34H,6-9,12,18-19,21-23H2,1-5H3;3H2,1-2H3. The van der Waals surface area contributed by atoms with E-state index >= 15 is 0 Å². The molecule has 3 unspecified atom stereocenters. The van der Waals surface area contributed by atoms with Crippen LogP contribution < -0.4 is 0 Å². The third-order valence-electron chi connectivity index (χ3n) is 9.12. The highest BCUT2D eigenvalue weighted by Gasteiger charge is 2.33.